The first-order valence-electron chi connectivity index (χ1n) is 5.60. The van der Waals surface area contributed by atoms with Crippen molar-refractivity contribution in [2.24, 2.45) is 7.05 Å². The van der Waals surface area contributed by atoms with Crippen LogP contribution < -0.4 is 5.32 Å². The summed E-state index contributed by atoms with van der Waals surface area (Å²) in [6, 6.07) is 2.08. The van der Waals surface area contributed by atoms with Gasteiger partial charge in [0.2, 0.25) is 0 Å². The molecule has 0 saturated heterocycles. The molecular formula is C12H16ClN3S. The second kappa shape index (κ2) is 5.21. The van der Waals surface area contributed by atoms with Crippen molar-refractivity contribution < 1.29 is 0 Å². The lowest BCUT2D eigenvalue weighted by Gasteiger charge is -2.17. The number of rotatable bonds is 4. The van der Waals surface area contributed by atoms with E-state index in [4.69, 9.17) is 11.6 Å². The number of aromatic nitrogens is 2. The molecule has 0 amide bonds. The number of halogens is 1. The SMILES string of the molecule is CCNC(c1cnn(C)c1C)c1sccc1Cl. The minimum Gasteiger partial charge on any atom is -0.306 e. The monoisotopic (exact) mass is 269 g/mol. The third-order valence-corrected chi connectivity index (χ3v) is 4.32. The third-order valence-electron chi connectivity index (χ3n) is 2.90. The van der Waals surface area contributed by atoms with E-state index in [1.807, 2.05) is 29.4 Å². The van der Waals surface area contributed by atoms with E-state index >= 15 is 0 Å². The molecule has 2 aromatic heterocycles. The predicted molar refractivity (Wildman–Crippen MR) is 72.8 cm³/mol. The Morgan fingerprint density at radius 2 is 2.35 bits per heavy atom. The number of hydrogen-bond acceptors (Lipinski definition) is 3. The zero-order chi connectivity index (χ0) is 12.4. The number of thiophene rings is 1. The molecule has 1 N–H and O–H groups in total. The topological polar surface area (TPSA) is 29.9 Å². The van der Waals surface area contributed by atoms with Gasteiger partial charge in [0.1, 0.15) is 0 Å². The zero-order valence-electron chi connectivity index (χ0n) is 10.2. The van der Waals surface area contributed by atoms with E-state index in [0.29, 0.717) is 0 Å². The second-order valence-electron chi connectivity index (χ2n) is 3.93. The summed E-state index contributed by atoms with van der Waals surface area (Å²) in [5.41, 5.74) is 2.36. The first-order chi connectivity index (χ1) is 8.15. The van der Waals surface area contributed by atoms with Crippen molar-refractivity contribution in [3.05, 3.63) is 38.8 Å². The molecule has 0 spiro atoms. The van der Waals surface area contributed by atoms with Crippen LogP contribution in [0.1, 0.15) is 29.1 Å². The molecule has 1 atom stereocenters. The van der Waals surface area contributed by atoms with Crippen LogP contribution in [-0.2, 0) is 7.05 Å². The normalized spacial score (nSPS) is 12.9. The van der Waals surface area contributed by atoms with Crippen LogP contribution in [0.15, 0.2) is 17.6 Å². The summed E-state index contributed by atoms with van der Waals surface area (Å²) >= 11 is 7.90. The zero-order valence-corrected chi connectivity index (χ0v) is 11.8. The lowest BCUT2D eigenvalue weighted by molar-refractivity contribution is 0.633. The van der Waals surface area contributed by atoms with Crippen molar-refractivity contribution in [2.75, 3.05) is 6.54 Å². The smallest absolute Gasteiger partial charge is 0.0719 e. The highest BCUT2D eigenvalue weighted by Crippen LogP contribution is 2.33. The van der Waals surface area contributed by atoms with Gasteiger partial charge in [-0.2, -0.15) is 5.10 Å². The Morgan fingerprint density at radius 1 is 1.59 bits per heavy atom. The lowest BCUT2D eigenvalue weighted by atomic mass is 10.1. The summed E-state index contributed by atoms with van der Waals surface area (Å²) in [5.74, 6) is 0. The maximum atomic E-state index is 6.22. The average Bonchev–Trinajstić information content (AvgIpc) is 2.85. The Hall–Kier alpha value is -0.840. The van der Waals surface area contributed by atoms with E-state index in [1.165, 1.54) is 11.3 Å². The molecule has 92 valence electrons. The lowest BCUT2D eigenvalue weighted by Crippen LogP contribution is -2.21. The molecule has 2 rings (SSSR count). The highest BCUT2D eigenvalue weighted by molar-refractivity contribution is 7.10. The van der Waals surface area contributed by atoms with Crippen molar-refractivity contribution in [3.63, 3.8) is 0 Å². The molecule has 1 unspecified atom stereocenters. The molecule has 0 aromatic carbocycles. The fraction of sp³-hybridized carbons (Fsp3) is 0.417. The van der Waals surface area contributed by atoms with Crippen LogP contribution in [0.4, 0.5) is 0 Å². The van der Waals surface area contributed by atoms with Gasteiger partial charge in [0, 0.05) is 23.2 Å². The largest absolute Gasteiger partial charge is 0.306 e. The van der Waals surface area contributed by atoms with Crippen molar-refractivity contribution in [2.45, 2.75) is 19.9 Å². The summed E-state index contributed by atoms with van der Waals surface area (Å²) in [7, 11) is 1.96. The van der Waals surface area contributed by atoms with Gasteiger partial charge in [-0.05, 0) is 24.9 Å². The fourth-order valence-corrected chi connectivity index (χ4v) is 3.12. The van der Waals surface area contributed by atoms with E-state index in [9.17, 15) is 0 Å². The summed E-state index contributed by atoms with van der Waals surface area (Å²) < 4.78 is 1.89. The Kier molecular flexibility index (Phi) is 3.86. The van der Waals surface area contributed by atoms with Crippen LogP contribution in [0, 0.1) is 6.92 Å². The van der Waals surface area contributed by atoms with E-state index in [2.05, 4.69) is 24.3 Å². The van der Waals surface area contributed by atoms with Gasteiger partial charge in [0.15, 0.2) is 0 Å². The van der Waals surface area contributed by atoms with Gasteiger partial charge in [0.05, 0.1) is 17.3 Å². The maximum Gasteiger partial charge on any atom is 0.0719 e. The third kappa shape index (κ3) is 2.39. The Morgan fingerprint density at radius 3 is 2.82 bits per heavy atom. The van der Waals surface area contributed by atoms with Crippen LogP contribution in [0.25, 0.3) is 0 Å². The first kappa shape index (κ1) is 12.6. The number of nitrogens with zero attached hydrogens (tertiary/aromatic N) is 2. The molecule has 0 aliphatic carbocycles. The van der Waals surface area contributed by atoms with Gasteiger partial charge < -0.3 is 5.32 Å². The van der Waals surface area contributed by atoms with E-state index in [-0.39, 0.29) is 6.04 Å². The van der Waals surface area contributed by atoms with Gasteiger partial charge in [-0.1, -0.05) is 18.5 Å². The highest BCUT2D eigenvalue weighted by Gasteiger charge is 2.21. The molecule has 0 fully saturated rings. The van der Waals surface area contributed by atoms with Gasteiger partial charge in [-0.25, -0.2) is 0 Å². The van der Waals surface area contributed by atoms with Gasteiger partial charge >= 0.3 is 0 Å². The summed E-state index contributed by atoms with van der Waals surface area (Å²) in [4.78, 5) is 1.16. The molecule has 0 radical (unpaired) electrons. The molecule has 2 heterocycles. The standard InChI is InChI=1S/C12H16ClN3S/c1-4-14-11(12-10(13)5-6-17-12)9-7-15-16(3)8(9)2/h5-7,11,14H,4H2,1-3H3. The van der Waals surface area contributed by atoms with E-state index in [0.717, 1.165) is 16.4 Å². The molecule has 0 bridgehead atoms. The van der Waals surface area contributed by atoms with Crippen LogP contribution in [0.3, 0.4) is 0 Å². The predicted octanol–water partition coefficient (Wildman–Crippen LogP) is 3.14. The Balaban J connectivity index is 2.43. The quantitative estimate of drug-likeness (QED) is 0.924. The minimum absolute atomic E-state index is 0.140. The van der Waals surface area contributed by atoms with Crippen molar-refractivity contribution >= 4 is 22.9 Å². The van der Waals surface area contributed by atoms with Gasteiger partial charge in [-0.15, -0.1) is 11.3 Å². The van der Waals surface area contributed by atoms with Crippen molar-refractivity contribution in [1.29, 1.82) is 0 Å². The van der Waals surface area contributed by atoms with Crippen molar-refractivity contribution in [1.82, 2.24) is 15.1 Å². The first-order valence-corrected chi connectivity index (χ1v) is 6.85. The summed E-state index contributed by atoms with van der Waals surface area (Å²) in [5, 5.41) is 10.6. The minimum atomic E-state index is 0.140. The molecular weight excluding hydrogens is 254 g/mol. The molecule has 0 aliphatic rings. The molecule has 5 heteroatoms. The number of hydrogen-bond donors (Lipinski definition) is 1. The highest BCUT2D eigenvalue weighted by atomic mass is 35.5. The van der Waals surface area contributed by atoms with E-state index < -0.39 is 0 Å². The fourth-order valence-electron chi connectivity index (χ4n) is 1.86. The number of nitrogens with one attached hydrogen (secondary N) is 1. The summed E-state index contributed by atoms with van der Waals surface area (Å²) in [6.07, 6.45) is 1.92. The van der Waals surface area contributed by atoms with E-state index in [1.54, 1.807) is 11.3 Å². The van der Waals surface area contributed by atoms with Crippen LogP contribution >= 0.6 is 22.9 Å². The Bertz CT molecular complexity index is 504. The number of aryl methyl sites for hydroxylation is 1. The Labute approximate surface area is 110 Å². The second-order valence-corrected chi connectivity index (χ2v) is 5.29. The van der Waals surface area contributed by atoms with Gasteiger partial charge in [0.25, 0.3) is 0 Å². The van der Waals surface area contributed by atoms with Crippen LogP contribution in [-0.4, -0.2) is 16.3 Å². The average molecular weight is 270 g/mol. The molecule has 17 heavy (non-hydrogen) atoms. The molecule has 3 nitrogen and oxygen atoms in total. The molecule has 0 saturated carbocycles. The van der Waals surface area contributed by atoms with Crippen LogP contribution in [0.2, 0.25) is 5.02 Å². The summed E-state index contributed by atoms with van der Waals surface area (Å²) in [6.45, 7) is 5.07. The maximum absolute atomic E-state index is 6.22. The van der Waals surface area contributed by atoms with Crippen LogP contribution in [0.5, 0.6) is 0 Å². The van der Waals surface area contributed by atoms with Crippen molar-refractivity contribution in [3.8, 4) is 0 Å². The molecule has 0 aliphatic heterocycles. The molecule has 2 aromatic rings. The van der Waals surface area contributed by atoms with Gasteiger partial charge in [-0.3, -0.25) is 4.68 Å².